The first-order valence-corrected chi connectivity index (χ1v) is 7.23. The Morgan fingerprint density at radius 3 is 2.45 bits per heavy atom. The maximum absolute atomic E-state index is 13.6. The monoisotopic (exact) mass is 301 g/mol. The minimum atomic E-state index is -0.403. The van der Waals surface area contributed by atoms with Gasteiger partial charge in [-0.1, -0.05) is 35.9 Å². The number of amides is 1. The normalized spacial score (nSPS) is 10.3. The van der Waals surface area contributed by atoms with Crippen LogP contribution in [0.2, 0.25) is 0 Å². The highest BCUT2D eigenvalue weighted by atomic mass is 19.1. The molecule has 0 aliphatic heterocycles. The van der Waals surface area contributed by atoms with Crippen molar-refractivity contribution in [1.29, 1.82) is 0 Å². The third-order valence-electron chi connectivity index (χ3n) is 3.47. The summed E-state index contributed by atoms with van der Waals surface area (Å²) in [5, 5.41) is 2.87. The Morgan fingerprint density at radius 1 is 1.14 bits per heavy atom. The number of ether oxygens (including phenoxy) is 1. The van der Waals surface area contributed by atoms with Gasteiger partial charge in [0.2, 0.25) is 5.91 Å². The van der Waals surface area contributed by atoms with Crippen molar-refractivity contribution >= 4 is 5.91 Å². The van der Waals surface area contributed by atoms with Gasteiger partial charge in [-0.05, 0) is 36.6 Å². The Balaban J connectivity index is 1.80. The molecule has 116 valence electrons. The highest BCUT2D eigenvalue weighted by Gasteiger charge is 2.06. The summed E-state index contributed by atoms with van der Waals surface area (Å²) in [7, 11) is 1.43. The molecular weight excluding hydrogens is 281 g/mol. The van der Waals surface area contributed by atoms with Crippen molar-refractivity contribution < 1.29 is 13.9 Å². The second kappa shape index (κ2) is 7.59. The molecule has 22 heavy (non-hydrogen) atoms. The molecule has 0 unspecified atom stereocenters. The number of benzene rings is 2. The molecule has 0 spiro atoms. The molecule has 0 atom stereocenters. The molecule has 4 heteroatoms. The lowest BCUT2D eigenvalue weighted by Crippen LogP contribution is -2.23. The lowest BCUT2D eigenvalue weighted by atomic mass is 10.1. The van der Waals surface area contributed by atoms with Gasteiger partial charge in [-0.15, -0.1) is 0 Å². The number of aryl methyl sites for hydroxylation is 2. The molecule has 0 aliphatic carbocycles. The first kappa shape index (κ1) is 16.0. The van der Waals surface area contributed by atoms with Crippen LogP contribution in [0.4, 0.5) is 4.39 Å². The van der Waals surface area contributed by atoms with E-state index in [9.17, 15) is 9.18 Å². The van der Waals surface area contributed by atoms with E-state index < -0.39 is 5.82 Å². The molecule has 0 radical (unpaired) electrons. The molecule has 0 saturated carbocycles. The smallest absolute Gasteiger partial charge is 0.220 e. The van der Waals surface area contributed by atoms with E-state index in [2.05, 4.69) is 5.32 Å². The van der Waals surface area contributed by atoms with Crippen molar-refractivity contribution in [2.75, 3.05) is 7.11 Å². The molecular formula is C18H20FNO2. The van der Waals surface area contributed by atoms with Crippen LogP contribution in [-0.2, 0) is 17.8 Å². The maximum Gasteiger partial charge on any atom is 0.220 e. The van der Waals surface area contributed by atoms with Gasteiger partial charge in [0, 0.05) is 13.0 Å². The van der Waals surface area contributed by atoms with E-state index in [0.717, 1.165) is 11.1 Å². The standard InChI is InChI=1S/C18H20FNO2/c1-13-3-5-15(6-4-13)12-20-18(21)10-8-14-7-9-17(22-2)16(19)11-14/h3-7,9,11H,8,10,12H2,1-2H3,(H,20,21). The third-order valence-corrected chi connectivity index (χ3v) is 3.47. The summed E-state index contributed by atoms with van der Waals surface area (Å²) in [6.45, 7) is 2.53. The van der Waals surface area contributed by atoms with Crippen LogP contribution in [0.1, 0.15) is 23.1 Å². The first-order chi connectivity index (χ1) is 10.6. The summed E-state index contributed by atoms with van der Waals surface area (Å²) in [5.74, 6) is -0.232. The first-order valence-electron chi connectivity index (χ1n) is 7.23. The van der Waals surface area contributed by atoms with Crippen molar-refractivity contribution in [3.05, 3.63) is 65.0 Å². The zero-order valence-corrected chi connectivity index (χ0v) is 12.9. The van der Waals surface area contributed by atoms with Crippen molar-refractivity contribution in [3.8, 4) is 5.75 Å². The number of carbonyl (C=O) groups excluding carboxylic acids is 1. The number of hydrogen-bond donors (Lipinski definition) is 1. The Kier molecular flexibility index (Phi) is 5.53. The predicted molar refractivity (Wildman–Crippen MR) is 84.3 cm³/mol. The van der Waals surface area contributed by atoms with E-state index in [1.54, 1.807) is 12.1 Å². The van der Waals surface area contributed by atoms with Gasteiger partial charge in [0.15, 0.2) is 11.6 Å². The second-order valence-electron chi connectivity index (χ2n) is 5.23. The summed E-state index contributed by atoms with van der Waals surface area (Å²) in [4.78, 5) is 11.8. The number of methoxy groups -OCH3 is 1. The van der Waals surface area contributed by atoms with Crippen molar-refractivity contribution in [1.82, 2.24) is 5.32 Å². The summed E-state index contributed by atoms with van der Waals surface area (Å²) >= 11 is 0. The number of halogens is 1. The average molecular weight is 301 g/mol. The number of carbonyl (C=O) groups is 1. The Morgan fingerprint density at radius 2 is 1.82 bits per heavy atom. The highest BCUT2D eigenvalue weighted by Crippen LogP contribution is 2.18. The third kappa shape index (κ3) is 4.58. The predicted octanol–water partition coefficient (Wildman–Crippen LogP) is 3.39. The summed E-state index contributed by atoms with van der Waals surface area (Å²) in [6, 6.07) is 12.8. The Bertz CT molecular complexity index is 638. The van der Waals surface area contributed by atoms with Crippen LogP contribution in [0.3, 0.4) is 0 Å². The molecule has 0 fully saturated rings. The van der Waals surface area contributed by atoms with Gasteiger partial charge in [-0.3, -0.25) is 4.79 Å². The number of nitrogens with one attached hydrogen (secondary N) is 1. The van der Waals surface area contributed by atoms with E-state index in [4.69, 9.17) is 4.74 Å². The highest BCUT2D eigenvalue weighted by molar-refractivity contribution is 5.76. The van der Waals surface area contributed by atoms with Gasteiger partial charge < -0.3 is 10.1 Å². The molecule has 3 nitrogen and oxygen atoms in total. The fraction of sp³-hybridized carbons (Fsp3) is 0.278. The quantitative estimate of drug-likeness (QED) is 0.888. The van der Waals surface area contributed by atoms with E-state index in [1.165, 1.54) is 18.7 Å². The van der Waals surface area contributed by atoms with Crippen molar-refractivity contribution in [3.63, 3.8) is 0 Å². The molecule has 2 aromatic carbocycles. The number of rotatable bonds is 6. The van der Waals surface area contributed by atoms with Gasteiger partial charge in [0.1, 0.15) is 0 Å². The zero-order chi connectivity index (χ0) is 15.9. The molecule has 0 aliphatic rings. The average Bonchev–Trinajstić information content (AvgIpc) is 2.52. The van der Waals surface area contributed by atoms with Gasteiger partial charge in [0.05, 0.1) is 7.11 Å². The van der Waals surface area contributed by atoms with Crippen LogP contribution in [0, 0.1) is 12.7 Å². The molecule has 0 heterocycles. The van der Waals surface area contributed by atoms with E-state index in [-0.39, 0.29) is 11.7 Å². The van der Waals surface area contributed by atoms with Crippen LogP contribution in [0.15, 0.2) is 42.5 Å². The topological polar surface area (TPSA) is 38.3 Å². The zero-order valence-electron chi connectivity index (χ0n) is 12.9. The van der Waals surface area contributed by atoms with Gasteiger partial charge in [-0.2, -0.15) is 0 Å². The van der Waals surface area contributed by atoms with Crippen molar-refractivity contribution in [2.24, 2.45) is 0 Å². The summed E-state index contributed by atoms with van der Waals surface area (Å²) in [6.07, 6.45) is 0.832. The van der Waals surface area contributed by atoms with Crippen LogP contribution in [0.25, 0.3) is 0 Å². The minimum absolute atomic E-state index is 0.0446. The lowest BCUT2D eigenvalue weighted by molar-refractivity contribution is -0.121. The fourth-order valence-corrected chi connectivity index (χ4v) is 2.12. The van der Waals surface area contributed by atoms with Crippen LogP contribution >= 0.6 is 0 Å². The SMILES string of the molecule is COc1ccc(CCC(=O)NCc2ccc(C)cc2)cc1F. The van der Waals surface area contributed by atoms with Crippen LogP contribution in [0.5, 0.6) is 5.75 Å². The van der Waals surface area contributed by atoms with E-state index >= 15 is 0 Å². The minimum Gasteiger partial charge on any atom is -0.494 e. The van der Waals surface area contributed by atoms with Gasteiger partial charge in [-0.25, -0.2) is 4.39 Å². The molecule has 2 aromatic rings. The van der Waals surface area contributed by atoms with Crippen LogP contribution in [-0.4, -0.2) is 13.0 Å². The molecule has 1 amide bonds. The summed E-state index contributed by atoms with van der Waals surface area (Å²) < 4.78 is 18.4. The Labute approximate surface area is 130 Å². The van der Waals surface area contributed by atoms with Gasteiger partial charge >= 0.3 is 0 Å². The molecule has 2 rings (SSSR count). The largest absolute Gasteiger partial charge is 0.494 e. The molecule has 1 N–H and O–H groups in total. The van der Waals surface area contributed by atoms with E-state index in [0.29, 0.717) is 19.4 Å². The lowest BCUT2D eigenvalue weighted by Gasteiger charge is -2.07. The van der Waals surface area contributed by atoms with Crippen molar-refractivity contribution in [2.45, 2.75) is 26.3 Å². The second-order valence-corrected chi connectivity index (χ2v) is 5.23. The maximum atomic E-state index is 13.6. The molecule has 0 saturated heterocycles. The van der Waals surface area contributed by atoms with Crippen LogP contribution < -0.4 is 10.1 Å². The molecule has 0 aromatic heterocycles. The Hall–Kier alpha value is -2.36. The van der Waals surface area contributed by atoms with E-state index in [1.807, 2.05) is 31.2 Å². The fourth-order valence-electron chi connectivity index (χ4n) is 2.12. The summed E-state index contributed by atoms with van der Waals surface area (Å²) in [5.41, 5.74) is 3.04. The number of hydrogen-bond acceptors (Lipinski definition) is 2. The van der Waals surface area contributed by atoms with Gasteiger partial charge in [0.25, 0.3) is 0 Å². The molecule has 0 bridgehead atoms.